The number of hydrogen-bond donors (Lipinski definition) is 2. The lowest BCUT2D eigenvalue weighted by Crippen LogP contribution is -2.19. The minimum Gasteiger partial charge on any atom is -0.306 e. The van der Waals surface area contributed by atoms with Gasteiger partial charge in [0.1, 0.15) is 5.82 Å². The van der Waals surface area contributed by atoms with Crippen LogP contribution in [0.15, 0.2) is 66.2 Å². The SMILES string of the molecule is O=C(Nc1cc2ccccc2cn1)Nc1csc2ccccc12. The van der Waals surface area contributed by atoms with Crippen molar-refractivity contribution in [1.82, 2.24) is 4.98 Å². The number of anilines is 2. The van der Waals surface area contributed by atoms with Gasteiger partial charge in [-0.1, -0.05) is 42.5 Å². The highest BCUT2D eigenvalue weighted by atomic mass is 32.1. The molecular weight excluding hydrogens is 306 g/mol. The normalized spacial score (nSPS) is 10.8. The number of benzene rings is 2. The van der Waals surface area contributed by atoms with Crippen molar-refractivity contribution < 1.29 is 4.79 Å². The van der Waals surface area contributed by atoms with E-state index < -0.39 is 0 Å². The van der Waals surface area contributed by atoms with Gasteiger partial charge < -0.3 is 5.32 Å². The molecule has 0 saturated heterocycles. The van der Waals surface area contributed by atoms with Crippen molar-refractivity contribution in [3.63, 3.8) is 0 Å². The number of thiophene rings is 1. The molecule has 0 unspecified atom stereocenters. The van der Waals surface area contributed by atoms with Crippen LogP contribution in [0.1, 0.15) is 0 Å². The van der Waals surface area contributed by atoms with E-state index in [9.17, 15) is 4.79 Å². The Labute approximate surface area is 136 Å². The van der Waals surface area contributed by atoms with Gasteiger partial charge in [0, 0.05) is 27.0 Å². The van der Waals surface area contributed by atoms with Gasteiger partial charge in [-0.25, -0.2) is 9.78 Å². The van der Waals surface area contributed by atoms with Crippen molar-refractivity contribution in [3.8, 4) is 0 Å². The van der Waals surface area contributed by atoms with Gasteiger partial charge in [0.25, 0.3) is 0 Å². The molecule has 23 heavy (non-hydrogen) atoms. The summed E-state index contributed by atoms with van der Waals surface area (Å²) in [5.41, 5.74) is 0.809. The molecule has 0 fully saturated rings. The molecular formula is C18H13N3OS. The summed E-state index contributed by atoms with van der Waals surface area (Å²) >= 11 is 1.61. The summed E-state index contributed by atoms with van der Waals surface area (Å²) in [6, 6.07) is 17.5. The van der Waals surface area contributed by atoms with E-state index in [2.05, 4.69) is 15.6 Å². The zero-order valence-electron chi connectivity index (χ0n) is 12.1. The van der Waals surface area contributed by atoms with E-state index in [1.807, 2.05) is 60.0 Å². The first kappa shape index (κ1) is 13.7. The van der Waals surface area contributed by atoms with Gasteiger partial charge in [0.05, 0.1) is 5.69 Å². The van der Waals surface area contributed by atoms with Crippen molar-refractivity contribution >= 4 is 49.7 Å². The van der Waals surface area contributed by atoms with Gasteiger partial charge in [-0.05, 0) is 17.5 Å². The first-order chi connectivity index (χ1) is 11.3. The Bertz CT molecular complexity index is 1010. The quantitative estimate of drug-likeness (QED) is 0.540. The molecule has 0 radical (unpaired) electrons. The Morgan fingerprint density at radius 1 is 0.957 bits per heavy atom. The van der Waals surface area contributed by atoms with Crippen molar-refractivity contribution in [2.24, 2.45) is 0 Å². The van der Waals surface area contributed by atoms with Crippen LogP contribution in [0.4, 0.5) is 16.3 Å². The second-order valence-corrected chi connectivity index (χ2v) is 6.05. The zero-order chi connectivity index (χ0) is 15.6. The third-order valence-electron chi connectivity index (χ3n) is 3.60. The van der Waals surface area contributed by atoms with Crippen LogP contribution in [0.3, 0.4) is 0 Å². The monoisotopic (exact) mass is 319 g/mol. The largest absolute Gasteiger partial charge is 0.324 e. The van der Waals surface area contributed by atoms with Gasteiger partial charge in [-0.15, -0.1) is 11.3 Å². The molecule has 0 atom stereocenters. The fourth-order valence-corrected chi connectivity index (χ4v) is 3.39. The number of carbonyl (C=O) groups excluding carboxylic acids is 1. The van der Waals surface area contributed by atoms with E-state index in [1.165, 1.54) is 0 Å². The van der Waals surface area contributed by atoms with Crippen molar-refractivity contribution in [1.29, 1.82) is 0 Å². The molecule has 0 aliphatic rings. The van der Waals surface area contributed by atoms with Gasteiger partial charge in [-0.3, -0.25) is 5.32 Å². The van der Waals surface area contributed by atoms with Crippen LogP contribution in [0.25, 0.3) is 20.9 Å². The number of urea groups is 1. The average Bonchev–Trinajstić information content (AvgIpc) is 2.98. The number of amides is 2. The standard InChI is InChI=1S/C18H13N3OS/c22-18(20-15-11-23-16-8-4-3-7-14(15)16)21-17-9-12-5-1-2-6-13(12)10-19-17/h1-11H,(H2,19,20,21,22). The summed E-state index contributed by atoms with van der Waals surface area (Å²) in [6.45, 7) is 0. The molecule has 0 aliphatic carbocycles. The van der Waals surface area contributed by atoms with Gasteiger partial charge in [0.15, 0.2) is 0 Å². The summed E-state index contributed by atoms with van der Waals surface area (Å²) in [5, 5.41) is 10.7. The maximum atomic E-state index is 12.2. The maximum Gasteiger partial charge on any atom is 0.324 e. The summed E-state index contributed by atoms with van der Waals surface area (Å²) in [4.78, 5) is 16.5. The molecule has 2 heterocycles. The number of fused-ring (bicyclic) bond motifs is 2. The molecule has 2 amide bonds. The molecule has 112 valence electrons. The highest BCUT2D eigenvalue weighted by molar-refractivity contribution is 7.17. The first-order valence-electron chi connectivity index (χ1n) is 7.19. The lowest BCUT2D eigenvalue weighted by Gasteiger charge is -2.07. The van der Waals surface area contributed by atoms with Crippen LogP contribution in [0.2, 0.25) is 0 Å². The molecule has 4 rings (SSSR count). The van der Waals surface area contributed by atoms with Gasteiger partial charge in [-0.2, -0.15) is 0 Å². The lowest BCUT2D eigenvalue weighted by molar-refractivity contribution is 0.262. The maximum absolute atomic E-state index is 12.2. The van der Waals surface area contributed by atoms with Gasteiger partial charge >= 0.3 is 6.03 Å². The minimum atomic E-state index is -0.295. The van der Waals surface area contributed by atoms with E-state index in [1.54, 1.807) is 17.5 Å². The molecule has 4 aromatic rings. The molecule has 2 N–H and O–H groups in total. The Balaban J connectivity index is 1.55. The van der Waals surface area contributed by atoms with Crippen LogP contribution >= 0.6 is 11.3 Å². The Kier molecular flexibility index (Phi) is 3.40. The number of pyridine rings is 1. The smallest absolute Gasteiger partial charge is 0.306 e. The number of nitrogens with zero attached hydrogens (tertiary/aromatic N) is 1. The first-order valence-corrected chi connectivity index (χ1v) is 8.06. The number of hydrogen-bond acceptors (Lipinski definition) is 3. The van der Waals surface area contributed by atoms with E-state index >= 15 is 0 Å². The number of carbonyl (C=O) groups is 1. The topological polar surface area (TPSA) is 54.0 Å². The van der Waals surface area contributed by atoms with Crippen molar-refractivity contribution in [2.45, 2.75) is 0 Å². The van der Waals surface area contributed by atoms with Crippen molar-refractivity contribution in [2.75, 3.05) is 10.6 Å². The number of rotatable bonds is 2. The molecule has 4 nitrogen and oxygen atoms in total. The summed E-state index contributed by atoms with van der Waals surface area (Å²) in [5.74, 6) is 0.528. The fourth-order valence-electron chi connectivity index (χ4n) is 2.50. The number of nitrogens with one attached hydrogen (secondary N) is 2. The van der Waals surface area contributed by atoms with Crippen LogP contribution in [0.5, 0.6) is 0 Å². The highest BCUT2D eigenvalue weighted by Crippen LogP contribution is 2.29. The Hall–Kier alpha value is -2.92. The zero-order valence-corrected chi connectivity index (χ0v) is 12.9. The fraction of sp³-hybridized carbons (Fsp3) is 0. The van der Waals surface area contributed by atoms with E-state index in [4.69, 9.17) is 0 Å². The minimum absolute atomic E-state index is 0.295. The number of aromatic nitrogens is 1. The van der Waals surface area contributed by atoms with Gasteiger partial charge in [0.2, 0.25) is 0 Å². The molecule has 2 aromatic carbocycles. The van der Waals surface area contributed by atoms with E-state index in [-0.39, 0.29) is 6.03 Å². The third kappa shape index (κ3) is 2.74. The predicted octanol–water partition coefficient (Wildman–Crippen LogP) is 5.09. The van der Waals surface area contributed by atoms with Crippen LogP contribution < -0.4 is 10.6 Å². The van der Waals surface area contributed by atoms with E-state index in [0.717, 1.165) is 26.5 Å². The molecule has 0 bridgehead atoms. The molecule has 0 spiro atoms. The van der Waals surface area contributed by atoms with Crippen molar-refractivity contribution in [3.05, 3.63) is 66.2 Å². The summed E-state index contributed by atoms with van der Waals surface area (Å²) in [6.07, 6.45) is 1.75. The highest BCUT2D eigenvalue weighted by Gasteiger charge is 2.08. The molecule has 0 aliphatic heterocycles. The average molecular weight is 319 g/mol. The molecule has 5 heteroatoms. The van der Waals surface area contributed by atoms with Crippen LogP contribution in [0, 0.1) is 0 Å². The lowest BCUT2D eigenvalue weighted by atomic mass is 10.2. The summed E-state index contributed by atoms with van der Waals surface area (Å²) in [7, 11) is 0. The predicted molar refractivity (Wildman–Crippen MR) is 96.2 cm³/mol. The molecule has 2 aromatic heterocycles. The second kappa shape index (κ2) is 5.70. The Morgan fingerprint density at radius 3 is 2.65 bits per heavy atom. The second-order valence-electron chi connectivity index (χ2n) is 5.14. The van der Waals surface area contributed by atoms with Crippen LogP contribution in [-0.2, 0) is 0 Å². The molecule has 0 saturated carbocycles. The third-order valence-corrected chi connectivity index (χ3v) is 4.57. The van der Waals surface area contributed by atoms with Crippen LogP contribution in [-0.4, -0.2) is 11.0 Å². The Morgan fingerprint density at radius 2 is 1.74 bits per heavy atom. The van der Waals surface area contributed by atoms with E-state index in [0.29, 0.717) is 5.82 Å². The summed E-state index contributed by atoms with van der Waals surface area (Å²) < 4.78 is 1.15.